The lowest BCUT2D eigenvalue weighted by molar-refractivity contribution is 0.0690. The Morgan fingerprint density at radius 2 is 2.20 bits per heavy atom. The van der Waals surface area contributed by atoms with Gasteiger partial charge < -0.3 is 15.3 Å². The lowest BCUT2D eigenvalue weighted by atomic mass is 9.94. The molecule has 1 fully saturated rings. The van der Waals surface area contributed by atoms with Crippen LogP contribution in [0.15, 0.2) is 6.20 Å². The maximum atomic E-state index is 10.7. The number of aromatic nitrogens is 3. The van der Waals surface area contributed by atoms with Gasteiger partial charge in [-0.05, 0) is 51.9 Å². The molecule has 20 heavy (non-hydrogen) atoms. The molecule has 2 heterocycles. The van der Waals surface area contributed by atoms with Crippen molar-refractivity contribution in [2.45, 2.75) is 25.8 Å². The van der Waals surface area contributed by atoms with Crippen LogP contribution in [-0.4, -0.2) is 64.2 Å². The van der Waals surface area contributed by atoms with Gasteiger partial charge in [-0.15, -0.1) is 5.10 Å². The molecule has 0 unspecified atom stereocenters. The molecule has 1 aromatic rings. The number of hydrogen-bond acceptors (Lipinski definition) is 5. The molecule has 0 bridgehead atoms. The predicted octanol–water partition coefficient (Wildman–Crippen LogP) is 0.298. The first kappa shape index (κ1) is 14.9. The van der Waals surface area contributed by atoms with E-state index < -0.39 is 5.97 Å². The second-order valence-corrected chi connectivity index (χ2v) is 5.46. The standard InChI is InChI=1S/C13H23N5O2/c1-17-7-3-11(4-8-17)2-5-14-6-9-18-10-12(13(19)20)15-16-18/h10-11,14H,2-9H2,1H3,(H,19,20). The van der Waals surface area contributed by atoms with Crippen LogP contribution in [-0.2, 0) is 6.54 Å². The summed E-state index contributed by atoms with van der Waals surface area (Å²) in [7, 11) is 2.18. The topological polar surface area (TPSA) is 83.3 Å². The molecule has 0 aliphatic carbocycles. The number of nitrogens with one attached hydrogen (secondary N) is 1. The fraction of sp³-hybridized carbons (Fsp3) is 0.769. The summed E-state index contributed by atoms with van der Waals surface area (Å²) in [6.45, 7) is 4.86. The van der Waals surface area contributed by atoms with E-state index in [2.05, 4.69) is 27.6 Å². The molecule has 7 heteroatoms. The summed E-state index contributed by atoms with van der Waals surface area (Å²) in [5.41, 5.74) is -0.00340. The molecule has 0 amide bonds. The van der Waals surface area contributed by atoms with Gasteiger partial charge in [-0.2, -0.15) is 0 Å². The monoisotopic (exact) mass is 281 g/mol. The molecule has 2 N–H and O–H groups in total. The molecule has 7 nitrogen and oxygen atoms in total. The molecular weight excluding hydrogens is 258 g/mol. The number of carbonyl (C=O) groups is 1. The van der Waals surface area contributed by atoms with Crippen LogP contribution in [0.1, 0.15) is 29.8 Å². The average Bonchev–Trinajstić information content (AvgIpc) is 2.89. The molecule has 1 aliphatic rings. The van der Waals surface area contributed by atoms with Gasteiger partial charge in [0.15, 0.2) is 5.69 Å². The normalized spacial score (nSPS) is 17.4. The van der Waals surface area contributed by atoms with Gasteiger partial charge in [0.25, 0.3) is 0 Å². The molecule has 2 rings (SSSR count). The molecule has 0 aromatic carbocycles. The molecule has 0 atom stereocenters. The zero-order valence-corrected chi connectivity index (χ0v) is 12.0. The summed E-state index contributed by atoms with van der Waals surface area (Å²) in [5.74, 6) is -0.199. The number of carboxylic acid groups (broad SMARTS) is 1. The van der Waals surface area contributed by atoms with Crippen LogP contribution in [0.5, 0.6) is 0 Å². The Morgan fingerprint density at radius 3 is 2.85 bits per heavy atom. The summed E-state index contributed by atoms with van der Waals surface area (Å²) >= 11 is 0. The highest BCUT2D eigenvalue weighted by Gasteiger charge is 2.15. The zero-order valence-electron chi connectivity index (χ0n) is 12.0. The maximum Gasteiger partial charge on any atom is 0.358 e. The Balaban J connectivity index is 1.56. The van der Waals surface area contributed by atoms with Gasteiger partial charge in [0, 0.05) is 6.54 Å². The Kier molecular flexibility index (Phi) is 5.49. The van der Waals surface area contributed by atoms with Crippen molar-refractivity contribution in [1.29, 1.82) is 0 Å². The first-order valence-electron chi connectivity index (χ1n) is 7.18. The Labute approximate surface area is 119 Å². The first-order valence-corrected chi connectivity index (χ1v) is 7.18. The smallest absolute Gasteiger partial charge is 0.358 e. The van der Waals surface area contributed by atoms with Crippen LogP contribution in [0.2, 0.25) is 0 Å². The predicted molar refractivity (Wildman–Crippen MR) is 74.7 cm³/mol. The number of aromatic carboxylic acids is 1. The SMILES string of the molecule is CN1CCC(CCNCCn2cc(C(=O)O)nn2)CC1. The van der Waals surface area contributed by atoms with Crippen molar-refractivity contribution in [2.24, 2.45) is 5.92 Å². The number of piperidine rings is 1. The molecule has 112 valence electrons. The van der Waals surface area contributed by atoms with Crippen LogP contribution in [0, 0.1) is 5.92 Å². The highest BCUT2D eigenvalue weighted by Crippen LogP contribution is 2.18. The third-order valence-electron chi connectivity index (χ3n) is 3.84. The van der Waals surface area contributed by atoms with Gasteiger partial charge in [-0.25, -0.2) is 4.79 Å². The number of hydrogen-bond donors (Lipinski definition) is 2. The molecule has 0 saturated carbocycles. The van der Waals surface area contributed by atoms with Gasteiger partial charge in [0.2, 0.25) is 0 Å². The van der Waals surface area contributed by atoms with Gasteiger partial charge >= 0.3 is 5.97 Å². The minimum atomic E-state index is -1.04. The zero-order chi connectivity index (χ0) is 14.4. The lowest BCUT2D eigenvalue weighted by Crippen LogP contribution is -2.32. The summed E-state index contributed by atoms with van der Waals surface area (Å²) in [4.78, 5) is 13.0. The average molecular weight is 281 g/mol. The second kappa shape index (κ2) is 7.35. The van der Waals surface area contributed by atoms with E-state index >= 15 is 0 Å². The fourth-order valence-electron chi connectivity index (χ4n) is 2.48. The molecule has 1 aromatic heterocycles. The summed E-state index contributed by atoms with van der Waals surface area (Å²) in [5, 5.41) is 19.5. The lowest BCUT2D eigenvalue weighted by Gasteiger charge is -2.28. The van der Waals surface area contributed by atoms with Crippen LogP contribution >= 0.6 is 0 Å². The summed E-state index contributed by atoms with van der Waals surface area (Å²) in [6, 6.07) is 0. The third kappa shape index (κ3) is 4.57. The third-order valence-corrected chi connectivity index (χ3v) is 3.84. The Morgan fingerprint density at radius 1 is 1.45 bits per heavy atom. The van der Waals surface area contributed by atoms with Crippen molar-refractivity contribution in [1.82, 2.24) is 25.2 Å². The number of rotatable bonds is 7. The van der Waals surface area contributed by atoms with Crippen molar-refractivity contribution in [3.63, 3.8) is 0 Å². The van der Waals surface area contributed by atoms with E-state index in [1.165, 1.54) is 38.5 Å². The first-order chi connectivity index (χ1) is 9.65. The highest BCUT2D eigenvalue weighted by molar-refractivity contribution is 5.84. The molecule has 0 radical (unpaired) electrons. The van der Waals surface area contributed by atoms with Gasteiger partial charge in [-0.1, -0.05) is 5.21 Å². The van der Waals surface area contributed by atoms with E-state index in [1.807, 2.05) is 0 Å². The number of carboxylic acids is 1. The summed E-state index contributed by atoms with van der Waals surface area (Å²) < 4.78 is 1.56. The van der Waals surface area contributed by atoms with E-state index in [-0.39, 0.29) is 5.69 Å². The van der Waals surface area contributed by atoms with E-state index in [0.29, 0.717) is 6.54 Å². The van der Waals surface area contributed by atoms with Gasteiger partial charge in [0.1, 0.15) is 0 Å². The fourth-order valence-corrected chi connectivity index (χ4v) is 2.48. The van der Waals surface area contributed by atoms with E-state index in [9.17, 15) is 4.79 Å². The van der Waals surface area contributed by atoms with Crippen molar-refractivity contribution in [2.75, 3.05) is 33.2 Å². The van der Waals surface area contributed by atoms with Crippen molar-refractivity contribution in [3.05, 3.63) is 11.9 Å². The largest absolute Gasteiger partial charge is 0.476 e. The van der Waals surface area contributed by atoms with Crippen LogP contribution < -0.4 is 5.32 Å². The van der Waals surface area contributed by atoms with Crippen molar-refractivity contribution >= 4 is 5.97 Å². The Bertz CT molecular complexity index is 426. The summed E-state index contributed by atoms with van der Waals surface area (Å²) in [6.07, 6.45) is 5.26. The minimum Gasteiger partial charge on any atom is -0.476 e. The Hall–Kier alpha value is -1.47. The van der Waals surface area contributed by atoms with Crippen LogP contribution in [0.4, 0.5) is 0 Å². The minimum absolute atomic E-state index is 0.00340. The quantitative estimate of drug-likeness (QED) is 0.699. The number of likely N-dealkylation sites (tertiary alicyclic amines) is 1. The van der Waals surface area contributed by atoms with Crippen molar-refractivity contribution in [3.8, 4) is 0 Å². The molecule has 1 aliphatic heterocycles. The molecule has 0 spiro atoms. The van der Waals surface area contributed by atoms with E-state index in [4.69, 9.17) is 5.11 Å². The highest BCUT2D eigenvalue weighted by atomic mass is 16.4. The van der Waals surface area contributed by atoms with E-state index in [0.717, 1.165) is 19.0 Å². The number of nitrogens with zero attached hydrogens (tertiary/aromatic N) is 4. The molecule has 1 saturated heterocycles. The van der Waals surface area contributed by atoms with E-state index in [1.54, 1.807) is 4.68 Å². The van der Waals surface area contributed by atoms with Crippen LogP contribution in [0.3, 0.4) is 0 Å². The van der Waals surface area contributed by atoms with Gasteiger partial charge in [-0.3, -0.25) is 4.68 Å². The van der Waals surface area contributed by atoms with Crippen LogP contribution in [0.25, 0.3) is 0 Å². The second-order valence-electron chi connectivity index (χ2n) is 5.46. The maximum absolute atomic E-state index is 10.7. The van der Waals surface area contributed by atoms with Crippen molar-refractivity contribution < 1.29 is 9.90 Å². The molecular formula is C13H23N5O2. The van der Waals surface area contributed by atoms with Gasteiger partial charge in [0.05, 0.1) is 12.7 Å².